The summed E-state index contributed by atoms with van der Waals surface area (Å²) < 4.78 is 0. The Hall–Kier alpha value is -0.960. The maximum Gasteiger partial charge on any atom is 0.120 e. The molecule has 0 radical (unpaired) electrons. The van der Waals surface area contributed by atoms with Gasteiger partial charge < -0.3 is 14.9 Å². The molecule has 0 aliphatic heterocycles. The summed E-state index contributed by atoms with van der Waals surface area (Å²) in [5.41, 5.74) is 0.542. The molecule has 3 nitrogen and oxygen atoms in total. The molecule has 0 heterocycles. The van der Waals surface area contributed by atoms with Crippen molar-refractivity contribution >= 4 is 13.1 Å². The molecule has 0 unspecified atom stereocenters. The van der Waals surface area contributed by atoms with Gasteiger partial charge in [-0.3, -0.25) is 0 Å². The number of carbonyl (C=O) groups excluding carboxylic acids is 2. The highest BCUT2D eigenvalue weighted by molar-refractivity contribution is 5.48. The van der Waals surface area contributed by atoms with Crippen molar-refractivity contribution in [3.05, 3.63) is 12.2 Å². The maximum atomic E-state index is 9.81. The minimum Gasteiger partial charge on any atom is -0.315 e. The zero-order valence-corrected chi connectivity index (χ0v) is 15.5. The van der Waals surface area contributed by atoms with Crippen LogP contribution in [0.25, 0.3) is 0 Å². The van der Waals surface area contributed by atoms with Gasteiger partial charge in [0.05, 0.1) is 0 Å². The number of hydrogen-bond acceptors (Lipinski definition) is 3. The number of aldehydes is 1. The van der Waals surface area contributed by atoms with Gasteiger partial charge in [0.1, 0.15) is 13.1 Å². The fourth-order valence-electron chi connectivity index (χ4n) is 1.04. The smallest absolute Gasteiger partial charge is 0.120 e. The number of hydrogen-bond donors (Lipinski definition) is 1. The van der Waals surface area contributed by atoms with Crippen LogP contribution in [0.4, 0.5) is 0 Å². The van der Waals surface area contributed by atoms with Gasteiger partial charge in [0.25, 0.3) is 0 Å². The van der Waals surface area contributed by atoms with Crippen molar-refractivity contribution in [1.29, 1.82) is 0 Å². The molecule has 0 spiro atoms. The molecule has 1 aliphatic rings. The predicted molar refractivity (Wildman–Crippen MR) is 95.9 cm³/mol. The van der Waals surface area contributed by atoms with Crippen molar-refractivity contribution in [2.45, 2.75) is 85.6 Å². The van der Waals surface area contributed by atoms with Crippen molar-refractivity contribution in [2.24, 2.45) is 0 Å². The number of carbonyl (C=O) groups is 2. The lowest BCUT2D eigenvalue weighted by molar-refractivity contribution is -0.107. The van der Waals surface area contributed by atoms with E-state index >= 15 is 0 Å². The van der Waals surface area contributed by atoms with Crippen LogP contribution in [0.2, 0.25) is 0 Å². The first-order chi connectivity index (χ1) is 10.2. The number of unbranched alkanes of at least 4 members (excludes halogenated alkanes) is 2. The van der Waals surface area contributed by atoms with E-state index in [1.54, 1.807) is 0 Å². The van der Waals surface area contributed by atoms with E-state index in [9.17, 15) is 4.79 Å². The van der Waals surface area contributed by atoms with Crippen LogP contribution in [0.1, 0.15) is 80.1 Å². The van der Waals surface area contributed by atoms with E-state index in [4.69, 9.17) is 4.79 Å². The summed E-state index contributed by atoms with van der Waals surface area (Å²) in [6, 6.07) is 0. The number of allylic oxidation sites excluding steroid dienone is 2. The average molecular weight is 302 g/mol. The van der Waals surface area contributed by atoms with Gasteiger partial charge in [-0.05, 0) is 46.1 Å². The molecule has 1 fully saturated rings. The van der Waals surface area contributed by atoms with Crippen molar-refractivity contribution in [1.82, 2.24) is 5.32 Å². The molecule has 1 saturated carbocycles. The predicted octanol–water partition coefficient (Wildman–Crippen LogP) is 4.95. The van der Waals surface area contributed by atoms with E-state index in [0.29, 0.717) is 12.0 Å². The van der Waals surface area contributed by atoms with Gasteiger partial charge in [-0.25, -0.2) is 0 Å². The molecule has 0 aromatic rings. The van der Waals surface area contributed by atoms with Crippen LogP contribution in [-0.4, -0.2) is 25.7 Å². The molecule has 0 atom stereocenters. The zero-order chi connectivity index (χ0) is 17.6. The monoisotopic (exact) mass is 301 g/mol. The number of nitrogens with one attached hydrogen (secondary N) is 1. The third-order valence-corrected chi connectivity index (χ3v) is 2.70. The Morgan fingerprint density at radius 3 is 1.76 bits per heavy atom. The molecule has 1 N–H and O–H groups in total. The average Bonchev–Trinajstić information content (AvgIpc) is 3.32. The highest BCUT2D eigenvalue weighted by atomic mass is 16.1. The van der Waals surface area contributed by atoms with Crippen molar-refractivity contribution in [3.8, 4) is 0 Å². The van der Waals surface area contributed by atoms with Crippen LogP contribution in [0.15, 0.2) is 12.2 Å². The standard InChI is InChI=1S/C8H14O.C5H11N.2C2H6.CH2O/c1-2-3-4-5-6-7-8-9;1-5(6-2)3-4-5;3*1-2/h3-4,8H,2,5-7H2,1H3;6H,3-4H2,1-2H3;2*1-2H3;1H2/b4-3+;;;;. The molecule has 3 heteroatoms. The lowest BCUT2D eigenvalue weighted by atomic mass is 10.2. The van der Waals surface area contributed by atoms with Gasteiger partial charge in [-0.1, -0.05) is 46.8 Å². The second kappa shape index (κ2) is 27.4. The van der Waals surface area contributed by atoms with Crippen LogP contribution in [-0.2, 0) is 9.59 Å². The van der Waals surface area contributed by atoms with Gasteiger partial charge in [0, 0.05) is 12.0 Å². The molecular weight excluding hydrogens is 262 g/mol. The minimum absolute atomic E-state index is 0.542. The fourth-order valence-corrected chi connectivity index (χ4v) is 1.04. The number of rotatable bonds is 6. The molecule has 0 bridgehead atoms. The van der Waals surface area contributed by atoms with E-state index in [2.05, 4.69) is 31.3 Å². The molecule has 21 heavy (non-hydrogen) atoms. The van der Waals surface area contributed by atoms with Gasteiger partial charge in [-0.2, -0.15) is 0 Å². The van der Waals surface area contributed by atoms with Gasteiger partial charge >= 0.3 is 0 Å². The van der Waals surface area contributed by atoms with Crippen molar-refractivity contribution in [3.63, 3.8) is 0 Å². The highest BCUT2D eigenvalue weighted by Crippen LogP contribution is 2.33. The zero-order valence-electron chi connectivity index (χ0n) is 15.5. The lowest BCUT2D eigenvalue weighted by Gasteiger charge is -2.01. The van der Waals surface area contributed by atoms with E-state index in [1.165, 1.54) is 12.8 Å². The Bertz CT molecular complexity index is 199. The van der Waals surface area contributed by atoms with E-state index in [-0.39, 0.29) is 0 Å². The van der Waals surface area contributed by atoms with Crippen LogP contribution in [0, 0.1) is 0 Å². The Balaban J connectivity index is -0.000000104. The largest absolute Gasteiger partial charge is 0.315 e. The SMILES string of the molecule is C=O.CC.CC.CC/C=C/CCCC=O.CNC1(C)CC1. The summed E-state index contributed by atoms with van der Waals surface area (Å²) in [5, 5.41) is 3.22. The summed E-state index contributed by atoms with van der Waals surface area (Å²) in [6.45, 7) is 14.4. The third-order valence-electron chi connectivity index (χ3n) is 2.70. The Morgan fingerprint density at radius 1 is 1.05 bits per heavy atom. The summed E-state index contributed by atoms with van der Waals surface area (Å²) in [7, 11) is 2.02. The molecule has 1 aliphatic carbocycles. The summed E-state index contributed by atoms with van der Waals surface area (Å²) in [6.07, 6.45) is 11.8. The second-order valence-electron chi connectivity index (χ2n) is 4.29. The first kappa shape index (κ1) is 28.2. The van der Waals surface area contributed by atoms with Crippen LogP contribution in [0.5, 0.6) is 0 Å². The summed E-state index contributed by atoms with van der Waals surface area (Å²) in [4.78, 5) is 17.8. The molecule has 0 aromatic carbocycles. The maximum absolute atomic E-state index is 9.81. The first-order valence-corrected chi connectivity index (χ1v) is 8.25. The topological polar surface area (TPSA) is 46.2 Å². The highest BCUT2D eigenvalue weighted by Gasteiger charge is 2.34. The molecule has 0 amide bonds. The van der Waals surface area contributed by atoms with Gasteiger partial charge in [0.2, 0.25) is 0 Å². The quantitative estimate of drug-likeness (QED) is 0.429. The molecular formula is C18H39NO2. The molecule has 128 valence electrons. The minimum atomic E-state index is 0.542. The summed E-state index contributed by atoms with van der Waals surface area (Å²) >= 11 is 0. The van der Waals surface area contributed by atoms with Crippen LogP contribution >= 0.6 is 0 Å². The van der Waals surface area contributed by atoms with Crippen molar-refractivity contribution in [2.75, 3.05) is 7.05 Å². The van der Waals surface area contributed by atoms with E-state index in [1.807, 2.05) is 41.5 Å². The van der Waals surface area contributed by atoms with E-state index < -0.39 is 0 Å². The van der Waals surface area contributed by atoms with Gasteiger partial charge in [-0.15, -0.1) is 0 Å². The van der Waals surface area contributed by atoms with Gasteiger partial charge in [0.15, 0.2) is 0 Å². The van der Waals surface area contributed by atoms with Crippen LogP contribution < -0.4 is 5.32 Å². The van der Waals surface area contributed by atoms with Crippen molar-refractivity contribution < 1.29 is 9.59 Å². The molecule has 0 aromatic heterocycles. The second-order valence-corrected chi connectivity index (χ2v) is 4.29. The van der Waals surface area contributed by atoms with E-state index in [0.717, 1.165) is 25.5 Å². The molecule has 1 rings (SSSR count). The summed E-state index contributed by atoms with van der Waals surface area (Å²) in [5.74, 6) is 0. The Morgan fingerprint density at radius 2 is 1.52 bits per heavy atom. The third kappa shape index (κ3) is 32.5. The molecule has 0 saturated heterocycles. The van der Waals surface area contributed by atoms with Crippen LogP contribution in [0.3, 0.4) is 0 Å². The Labute approximate surface area is 133 Å². The lowest BCUT2D eigenvalue weighted by Crippen LogP contribution is -2.21. The normalized spacial score (nSPS) is 12.9. The fraction of sp³-hybridized carbons (Fsp3) is 0.778. The first-order valence-electron chi connectivity index (χ1n) is 8.25. The Kier molecular flexibility index (Phi) is 36.8.